The molecule has 0 bridgehead atoms. The molecule has 2 rings (SSSR count). The van der Waals surface area contributed by atoms with Crippen molar-refractivity contribution in [2.75, 3.05) is 0 Å². The van der Waals surface area contributed by atoms with Gasteiger partial charge in [0.2, 0.25) is 0 Å². The first-order valence-corrected chi connectivity index (χ1v) is 6.27. The monoisotopic (exact) mass is 294 g/mol. The molecule has 1 heterocycles. The van der Waals surface area contributed by atoms with Gasteiger partial charge in [0.15, 0.2) is 0 Å². The summed E-state index contributed by atoms with van der Waals surface area (Å²) in [5.74, 6) is 0.886. The SMILES string of the molecule is Cc1ccc(Br)cc1C(O)Cc1nccn1C. The second kappa shape index (κ2) is 5.02. The van der Waals surface area contributed by atoms with Gasteiger partial charge in [0.05, 0.1) is 6.10 Å². The van der Waals surface area contributed by atoms with E-state index >= 15 is 0 Å². The van der Waals surface area contributed by atoms with Crippen LogP contribution in [-0.2, 0) is 13.5 Å². The highest BCUT2D eigenvalue weighted by molar-refractivity contribution is 9.10. The molecule has 17 heavy (non-hydrogen) atoms. The zero-order valence-electron chi connectivity index (χ0n) is 9.89. The first-order valence-electron chi connectivity index (χ1n) is 5.48. The maximum Gasteiger partial charge on any atom is 0.111 e. The third kappa shape index (κ3) is 2.76. The van der Waals surface area contributed by atoms with Gasteiger partial charge >= 0.3 is 0 Å². The number of benzene rings is 1. The lowest BCUT2D eigenvalue weighted by atomic mass is 10.0. The molecule has 0 spiro atoms. The van der Waals surface area contributed by atoms with E-state index in [0.29, 0.717) is 6.42 Å². The molecule has 0 radical (unpaired) electrons. The van der Waals surface area contributed by atoms with Crippen LogP contribution in [0.25, 0.3) is 0 Å². The topological polar surface area (TPSA) is 38.1 Å². The van der Waals surface area contributed by atoms with E-state index in [4.69, 9.17) is 0 Å². The van der Waals surface area contributed by atoms with Crippen LogP contribution in [0.4, 0.5) is 0 Å². The molecule has 3 nitrogen and oxygen atoms in total. The molecule has 1 aromatic carbocycles. The number of imidazole rings is 1. The van der Waals surface area contributed by atoms with Crippen LogP contribution < -0.4 is 0 Å². The maximum atomic E-state index is 10.2. The van der Waals surface area contributed by atoms with Crippen LogP contribution in [0.15, 0.2) is 35.1 Å². The number of aryl methyl sites for hydroxylation is 2. The van der Waals surface area contributed by atoms with Crippen LogP contribution in [0.2, 0.25) is 0 Å². The van der Waals surface area contributed by atoms with Crippen LogP contribution in [0.3, 0.4) is 0 Å². The minimum Gasteiger partial charge on any atom is -0.388 e. The van der Waals surface area contributed by atoms with E-state index in [1.165, 1.54) is 0 Å². The largest absolute Gasteiger partial charge is 0.388 e. The summed E-state index contributed by atoms with van der Waals surface area (Å²) in [6.45, 7) is 2.00. The van der Waals surface area contributed by atoms with E-state index < -0.39 is 6.10 Å². The first kappa shape index (κ1) is 12.3. The summed E-state index contributed by atoms with van der Waals surface area (Å²) >= 11 is 3.43. The van der Waals surface area contributed by atoms with Crippen LogP contribution in [0, 0.1) is 6.92 Å². The highest BCUT2D eigenvalue weighted by atomic mass is 79.9. The van der Waals surface area contributed by atoms with E-state index in [1.807, 2.05) is 42.9 Å². The average Bonchev–Trinajstić information content (AvgIpc) is 2.68. The number of nitrogens with zero attached hydrogens (tertiary/aromatic N) is 2. The Hall–Kier alpha value is -1.13. The average molecular weight is 295 g/mol. The number of rotatable bonds is 3. The molecule has 1 unspecified atom stereocenters. The Bertz CT molecular complexity index is 522. The van der Waals surface area contributed by atoms with Gasteiger partial charge in [0.1, 0.15) is 5.82 Å². The lowest BCUT2D eigenvalue weighted by Gasteiger charge is -2.14. The Labute approximate surface area is 109 Å². The molecule has 1 aromatic heterocycles. The molecular weight excluding hydrogens is 280 g/mol. The lowest BCUT2D eigenvalue weighted by Crippen LogP contribution is -2.08. The summed E-state index contributed by atoms with van der Waals surface area (Å²) in [6.07, 6.45) is 3.64. The van der Waals surface area contributed by atoms with Gasteiger partial charge in [-0.1, -0.05) is 22.0 Å². The van der Waals surface area contributed by atoms with Gasteiger partial charge in [0.25, 0.3) is 0 Å². The second-order valence-corrected chi connectivity index (χ2v) is 5.09. The molecule has 0 amide bonds. The molecule has 2 aromatic rings. The fourth-order valence-corrected chi connectivity index (χ4v) is 2.23. The highest BCUT2D eigenvalue weighted by Crippen LogP contribution is 2.24. The number of aliphatic hydroxyl groups is 1. The maximum absolute atomic E-state index is 10.2. The molecule has 0 saturated heterocycles. The van der Waals surface area contributed by atoms with E-state index in [1.54, 1.807) is 6.20 Å². The first-order chi connectivity index (χ1) is 8.08. The van der Waals surface area contributed by atoms with Crippen molar-refractivity contribution in [3.63, 3.8) is 0 Å². The number of hydrogen-bond donors (Lipinski definition) is 1. The highest BCUT2D eigenvalue weighted by Gasteiger charge is 2.13. The van der Waals surface area contributed by atoms with Crippen molar-refractivity contribution >= 4 is 15.9 Å². The van der Waals surface area contributed by atoms with Crippen LogP contribution in [0.5, 0.6) is 0 Å². The minimum atomic E-state index is -0.520. The van der Waals surface area contributed by atoms with Crippen molar-refractivity contribution in [1.29, 1.82) is 0 Å². The van der Waals surface area contributed by atoms with E-state index in [0.717, 1.165) is 21.4 Å². The molecule has 1 N–H and O–H groups in total. The zero-order chi connectivity index (χ0) is 12.4. The molecule has 0 aliphatic heterocycles. The van der Waals surface area contributed by atoms with Crippen molar-refractivity contribution < 1.29 is 5.11 Å². The number of halogens is 1. The Balaban J connectivity index is 2.23. The molecule has 4 heteroatoms. The summed E-state index contributed by atoms with van der Waals surface area (Å²) in [6, 6.07) is 5.94. The fourth-order valence-electron chi connectivity index (χ4n) is 1.85. The Kier molecular flexibility index (Phi) is 3.64. The van der Waals surface area contributed by atoms with Crippen molar-refractivity contribution in [1.82, 2.24) is 9.55 Å². The van der Waals surface area contributed by atoms with Gasteiger partial charge in [-0.05, 0) is 30.2 Å². The Morgan fingerprint density at radius 1 is 1.47 bits per heavy atom. The summed E-state index contributed by atoms with van der Waals surface area (Å²) in [5.41, 5.74) is 2.04. The number of hydrogen-bond acceptors (Lipinski definition) is 2. The number of aliphatic hydroxyl groups excluding tert-OH is 1. The lowest BCUT2D eigenvalue weighted by molar-refractivity contribution is 0.174. The van der Waals surface area contributed by atoms with Gasteiger partial charge in [-0.25, -0.2) is 4.98 Å². The molecule has 90 valence electrons. The van der Waals surface area contributed by atoms with Crippen molar-refractivity contribution in [3.8, 4) is 0 Å². The van der Waals surface area contributed by atoms with Crippen LogP contribution in [0.1, 0.15) is 23.1 Å². The molecule has 0 aliphatic rings. The predicted octanol–water partition coefficient (Wildman–Crippen LogP) is 2.77. The predicted molar refractivity (Wildman–Crippen MR) is 70.8 cm³/mol. The van der Waals surface area contributed by atoms with Crippen LogP contribution in [-0.4, -0.2) is 14.7 Å². The number of aromatic nitrogens is 2. The van der Waals surface area contributed by atoms with Gasteiger partial charge < -0.3 is 9.67 Å². The third-order valence-electron chi connectivity index (χ3n) is 2.90. The Morgan fingerprint density at radius 3 is 2.88 bits per heavy atom. The van der Waals surface area contributed by atoms with Crippen LogP contribution >= 0.6 is 15.9 Å². The normalized spacial score (nSPS) is 12.7. The van der Waals surface area contributed by atoms with Gasteiger partial charge in [-0.15, -0.1) is 0 Å². The van der Waals surface area contributed by atoms with Crippen molar-refractivity contribution in [3.05, 3.63) is 52.0 Å². The van der Waals surface area contributed by atoms with Gasteiger partial charge in [-0.2, -0.15) is 0 Å². The quantitative estimate of drug-likeness (QED) is 0.945. The third-order valence-corrected chi connectivity index (χ3v) is 3.39. The molecule has 1 atom stereocenters. The molecular formula is C13H15BrN2O. The zero-order valence-corrected chi connectivity index (χ0v) is 11.5. The van der Waals surface area contributed by atoms with Crippen molar-refractivity contribution in [2.45, 2.75) is 19.4 Å². The van der Waals surface area contributed by atoms with Gasteiger partial charge in [0, 0.05) is 30.3 Å². The molecule has 0 fully saturated rings. The second-order valence-electron chi connectivity index (χ2n) is 4.18. The van der Waals surface area contributed by atoms with Crippen molar-refractivity contribution in [2.24, 2.45) is 7.05 Å². The van der Waals surface area contributed by atoms with E-state index in [-0.39, 0.29) is 0 Å². The summed E-state index contributed by atoms with van der Waals surface area (Å²) in [7, 11) is 1.93. The van der Waals surface area contributed by atoms with E-state index in [9.17, 15) is 5.11 Å². The summed E-state index contributed by atoms with van der Waals surface area (Å²) in [5, 5.41) is 10.2. The van der Waals surface area contributed by atoms with E-state index in [2.05, 4.69) is 20.9 Å². The molecule has 0 aliphatic carbocycles. The Morgan fingerprint density at radius 2 is 2.24 bits per heavy atom. The summed E-state index contributed by atoms with van der Waals surface area (Å²) < 4.78 is 2.91. The smallest absolute Gasteiger partial charge is 0.111 e. The molecule has 0 saturated carbocycles. The minimum absolute atomic E-state index is 0.520. The van der Waals surface area contributed by atoms with Gasteiger partial charge in [-0.3, -0.25) is 0 Å². The summed E-state index contributed by atoms with van der Waals surface area (Å²) in [4.78, 5) is 4.22. The standard InChI is InChI=1S/C13H15BrN2O/c1-9-3-4-10(14)7-11(9)12(17)8-13-15-5-6-16(13)2/h3-7,12,17H,8H2,1-2H3. The fraction of sp³-hybridized carbons (Fsp3) is 0.308.